The molecule has 4 rings (SSSR count). The second kappa shape index (κ2) is 5.73. The fourth-order valence-electron chi connectivity index (χ4n) is 3.01. The van der Waals surface area contributed by atoms with Crippen LogP contribution in [0.25, 0.3) is 28.0 Å². The molecule has 2 aromatic carbocycles. The molecular formula is C20H17N3S. The van der Waals surface area contributed by atoms with Crippen LogP contribution >= 0.6 is 12.2 Å². The van der Waals surface area contributed by atoms with E-state index in [1.165, 1.54) is 16.7 Å². The van der Waals surface area contributed by atoms with Crippen LogP contribution in [0.3, 0.4) is 0 Å². The average molecular weight is 331 g/mol. The maximum absolute atomic E-state index is 5.42. The number of rotatable bonds is 2. The zero-order chi connectivity index (χ0) is 16.7. The highest BCUT2D eigenvalue weighted by Crippen LogP contribution is 2.29. The molecule has 2 aromatic heterocycles. The molecule has 3 nitrogen and oxygen atoms in total. The topological polar surface area (TPSA) is 33.1 Å². The number of nitrogens with zero attached hydrogens (tertiary/aromatic N) is 2. The quantitative estimate of drug-likeness (QED) is 0.503. The third kappa shape index (κ3) is 2.36. The van der Waals surface area contributed by atoms with Gasteiger partial charge in [-0.25, -0.2) is 4.98 Å². The van der Waals surface area contributed by atoms with Crippen molar-refractivity contribution in [1.29, 1.82) is 0 Å². The normalized spacial score (nSPS) is 11.1. The summed E-state index contributed by atoms with van der Waals surface area (Å²) in [5.74, 6) is 0. The van der Waals surface area contributed by atoms with Gasteiger partial charge in [-0.3, -0.25) is 4.40 Å². The molecule has 0 saturated carbocycles. The van der Waals surface area contributed by atoms with Crippen LogP contribution in [0.5, 0.6) is 0 Å². The monoisotopic (exact) mass is 331 g/mol. The highest BCUT2D eigenvalue weighted by atomic mass is 32.1. The van der Waals surface area contributed by atoms with Crippen LogP contribution in [0.2, 0.25) is 0 Å². The van der Waals surface area contributed by atoms with E-state index < -0.39 is 0 Å². The van der Waals surface area contributed by atoms with Crippen LogP contribution in [0.1, 0.15) is 11.1 Å². The number of fused-ring (bicyclic) bond motifs is 1. The standard InChI is InChI=1S/C20H17N3S/c1-13-7-6-10-16(14(13)2)18-12-23-19(22-18)17(11-21-20(23)24)15-8-4-3-5-9-15/h3-12,22H,1-2H3. The summed E-state index contributed by atoms with van der Waals surface area (Å²) in [5.41, 5.74) is 7.91. The van der Waals surface area contributed by atoms with E-state index in [0.717, 1.165) is 22.5 Å². The number of aromatic amines is 1. The van der Waals surface area contributed by atoms with Crippen molar-refractivity contribution in [2.24, 2.45) is 0 Å². The van der Waals surface area contributed by atoms with Gasteiger partial charge in [0, 0.05) is 23.5 Å². The fourth-order valence-corrected chi connectivity index (χ4v) is 3.21. The molecule has 118 valence electrons. The van der Waals surface area contributed by atoms with E-state index in [-0.39, 0.29) is 0 Å². The van der Waals surface area contributed by atoms with Crippen molar-refractivity contribution < 1.29 is 0 Å². The van der Waals surface area contributed by atoms with Crippen LogP contribution in [0.15, 0.2) is 60.9 Å². The van der Waals surface area contributed by atoms with E-state index in [0.29, 0.717) is 4.77 Å². The highest BCUT2D eigenvalue weighted by molar-refractivity contribution is 7.71. The van der Waals surface area contributed by atoms with Crippen molar-refractivity contribution in [1.82, 2.24) is 14.4 Å². The molecular weight excluding hydrogens is 314 g/mol. The minimum atomic E-state index is 0.553. The van der Waals surface area contributed by atoms with Crippen LogP contribution in [-0.2, 0) is 0 Å². The van der Waals surface area contributed by atoms with Crippen molar-refractivity contribution in [3.05, 3.63) is 76.8 Å². The predicted molar refractivity (Wildman–Crippen MR) is 101 cm³/mol. The number of hydrogen-bond acceptors (Lipinski definition) is 2. The zero-order valence-electron chi connectivity index (χ0n) is 13.6. The minimum Gasteiger partial charge on any atom is -0.339 e. The van der Waals surface area contributed by atoms with Gasteiger partial charge in [-0.2, -0.15) is 0 Å². The van der Waals surface area contributed by atoms with Gasteiger partial charge in [0.2, 0.25) is 4.77 Å². The summed E-state index contributed by atoms with van der Waals surface area (Å²) in [7, 11) is 0. The number of benzene rings is 2. The second-order valence-corrected chi connectivity index (χ2v) is 6.32. The molecule has 0 bridgehead atoms. The van der Waals surface area contributed by atoms with Crippen LogP contribution in [0, 0.1) is 18.6 Å². The van der Waals surface area contributed by atoms with E-state index in [9.17, 15) is 0 Å². The van der Waals surface area contributed by atoms with Gasteiger partial charge in [-0.05, 0) is 42.8 Å². The number of nitrogens with one attached hydrogen (secondary N) is 1. The van der Waals surface area contributed by atoms with E-state index in [2.05, 4.69) is 54.1 Å². The number of aryl methyl sites for hydroxylation is 1. The van der Waals surface area contributed by atoms with Crippen molar-refractivity contribution in [2.75, 3.05) is 0 Å². The largest absolute Gasteiger partial charge is 0.339 e. The molecule has 0 radical (unpaired) electrons. The molecule has 0 fully saturated rings. The molecule has 24 heavy (non-hydrogen) atoms. The minimum absolute atomic E-state index is 0.553. The molecule has 0 spiro atoms. The number of H-pyrrole nitrogens is 1. The van der Waals surface area contributed by atoms with Gasteiger partial charge in [-0.15, -0.1) is 0 Å². The summed E-state index contributed by atoms with van der Waals surface area (Å²) in [6, 6.07) is 16.6. The Labute approximate surface area is 145 Å². The molecule has 2 heterocycles. The van der Waals surface area contributed by atoms with Gasteiger partial charge < -0.3 is 4.98 Å². The Morgan fingerprint density at radius 2 is 1.75 bits per heavy atom. The molecule has 0 unspecified atom stereocenters. The smallest absolute Gasteiger partial charge is 0.205 e. The third-order valence-electron chi connectivity index (χ3n) is 4.50. The predicted octanol–water partition coefficient (Wildman–Crippen LogP) is 5.34. The molecule has 0 aliphatic carbocycles. The Morgan fingerprint density at radius 1 is 0.958 bits per heavy atom. The average Bonchev–Trinajstić information content (AvgIpc) is 3.04. The first-order chi connectivity index (χ1) is 11.6. The van der Waals surface area contributed by atoms with Crippen molar-refractivity contribution >= 4 is 17.9 Å². The van der Waals surface area contributed by atoms with Crippen molar-refractivity contribution in [3.63, 3.8) is 0 Å². The summed E-state index contributed by atoms with van der Waals surface area (Å²) in [4.78, 5) is 7.93. The molecule has 0 saturated heterocycles. The maximum Gasteiger partial charge on any atom is 0.205 e. The van der Waals surface area contributed by atoms with E-state index in [1.54, 1.807) is 0 Å². The maximum atomic E-state index is 5.42. The number of aromatic nitrogens is 3. The molecule has 4 aromatic rings. The molecule has 1 N–H and O–H groups in total. The van der Waals surface area contributed by atoms with Crippen molar-refractivity contribution in [3.8, 4) is 22.4 Å². The Hall–Kier alpha value is -2.72. The fraction of sp³-hybridized carbons (Fsp3) is 0.100. The summed E-state index contributed by atoms with van der Waals surface area (Å²) < 4.78 is 2.51. The highest BCUT2D eigenvalue weighted by Gasteiger charge is 2.11. The van der Waals surface area contributed by atoms with E-state index >= 15 is 0 Å². The van der Waals surface area contributed by atoms with E-state index in [1.807, 2.05) is 35.0 Å². The summed E-state index contributed by atoms with van der Waals surface area (Å²) in [5, 5.41) is 0. The molecule has 0 aliphatic heterocycles. The Balaban J connectivity index is 2.00. The number of hydrogen-bond donors (Lipinski definition) is 1. The van der Waals surface area contributed by atoms with Crippen LogP contribution in [0.4, 0.5) is 0 Å². The third-order valence-corrected chi connectivity index (χ3v) is 4.80. The lowest BCUT2D eigenvalue weighted by atomic mass is 10.0. The molecule has 0 aliphatic rings. The van der Waals surface area contributed by atoms with Gasteiger partial charge in [0.1, 0.15) is 5.65 Å². The van der Waals surface area contributed by atoms with Gasteiger partial charge in [0.15, 0.2) is 0 Å². The molecule has 0 atom stereocenters. The first-order valence-corrected chi connectivity index (χ1v) is 8.28. The van der Waals surface area contributed by atoms with Crippen LogP contribution < -0.4 is 0 Å². The second-order valence-electron chi connectivity index (χ2n) is 5.95. The molecule has 0 amide bonds. The van der Waals surface area contributed by atoms with Gasteiger partial charge in [0.25, 0.3) is 0 Å². The van der Waals surface area contributed by atoms with Gasteiger partial charge in [-0.1, -0.05) is 48.5 Å². The molecule has 4 heteroatoms. The number of imidazole rings is 1. The SMILES string of the molecule is Cc1cccc(-c2cn3c(=S)ncc(-c4ccccc4)c3[nH]2)c1C. The Kier molecular flexibility index (Phi) is 3.54. The lowest BCUT2D eigenvalue weighted by molar-refractivity contribution is 1.06. The summed E-state index contributed by atoms with van der Waals surface area (Å²) in [6.45, 7) is 4.27. The Morgan fingerprint density at radius 3 is 2.54 bits per heavy atom. The van der Waals surface area contributed by atoms with Crippen LogP contribution in [-0.4, -0.2) is 14.4 Å². The Bertz CT molecular complexity index is 1090. The summed E-state index contributed by atoms with van der Waals surface area (Å²) in [6.07, 6.45) is 3.88. The lowest BCUT2D eigenvalue weighted by Crippen LogP contribution is -1.92. The van der Waals surface area contributed by atoms with Gasteiger partial charge >= 0.3 is 0 Å². The van der Waals surface area contributed by atoms with E-state index in [4.69, 9.17) is 12.2 Å². The summed E-state index contributed by atoms with van der Waals surface area (Å²) >= 11 is 5.42. The lowest BCUT2D eigenvalue weighted by Gasteiger charge is -2.06. The first-order valence-electron chi connectivity index (χ1n) is 7.87. The zero-order valence-corrected chi connectivity index (χ0v) is 14.4. The first kappa shape index (κ1) is 14.8. The van der Waals surface area contributed by atoms with Crippen molar-refractivity contribution in [2.45, 2.75) is 13.8 Å². The van der Waals surface area contributed by atoms with Gasteiger partial charge in [0.05, 0.1) is 5.69 Å².